The molecule has 0 aliphatic carbocycles. The first-order valence-corrected chi connectivity index (χ1v) is 9.68. The van der Waals surface area contributed by atoms with E-state index in [2.05, 4.69) is 10.3 Å². The number of nitrogens with one attached hydrogen (secondary N) is 1. The van der Waals surface area contributed by atoms with Gasteiger partial charge in [-0.3, -0.25) is 14.6 Å². The van der Waals surface area contributed by atoms with Crippen LogP contribution in [0.25, 0.3) is 0 Å². The molecule has 1 aliphatic heterocycles. The van der Waals surface area contributed by atoms with E-state index in [1.807, 2.05) is 32.9 Å². The Morgan fingerprint density at radius 3 is 2.36 bits per heavy atom. The molecule has 1 aromatic heterocycles. The lowest BCUT2D eigenvalue weighted by Gasteiger charge is -2.32. The molecule has 6 heteroatoms. The van der Waals surface area contributed by atoms with Crippen LogP contribution in [0.1, 0.15) is 64.7 Å². The van der Waals surface area contributed by atoms with Crippen molar-refractivity contribution in [3.8, 4) is 0 Å². The van der Waals surface area contributed by atoms with Crippen molar-refractivity contribution in [2.45, 2.75) is 45.6 Å². The Morgan fingerprint density at radius 1 is 1.11 bits per heavy atom. The van der Waals surface area contributed by atoms with Gasteiger partial charge in [-0.05, 0) is 70.0 Å². The summed E-state index contributed by atoms with van der Waals surface area (Å²) in [6, 6.07) is 9.38. The van der Waals surface area contributed by atoms with Gasteiger partial charge < -0.3 is 10.2 Å². The molecule has 28 heavy (non-hydrogen) atoms. The van der Waals surface area contributed by atoms with Crippen molar-refractivity contribution in [2.24, 2.45) is 0 Å². The van der Waals surface area contributed by atoms with E-state index in [4.69, 9.17) is 0 Å². The van der Waals surface area contributed by atoms with Crippen molar-refractivity contribution in [1.82, 2.24) is 15.2 Å². The molecule has 0 radical (unpaired) electrons. The maximum atomic E-state index is 13.1. The molecule has 3 rings (SSSR count). The summed E-state index contributed by atoms with van der Waals surface area (Å²) >= 11 is 0. The van der Waals surface area contributed by atoms with Gasteiger partial charge in [0.15, 0.2) is 0 Å². The fraction of sp³-hybridized carbons (Fsp3) is 0.409. The second-order valence-corrected chi connectivity index (χ2v) is 7.59. The highest BCUT2D eigenvalue weighted by molar-refractivity contribution is 5.96. The van der Waals surface area contributed by atoms with Crippen LogP contribution in [0.2, 0.25) is 0 Å². The van der Waals surface area contributed by atoms with E-state index in [9.17, 15) is 14.0 Å². The molecule has 0 atom stereocenters. The van der Waals surface area contributed by atoms with Gasteiger partial charge in [0.1, 0.15) is 5.82 Å². The van der Waals surface area contributed by atoms with Crippen LogP contribution in [0.15, 0.2) is 36.4 Å². The van der Waals surface area contributed by atoms with Gasteiger partial charge in [-0.15, -0.1) is 0 Å². The van der Waals surface area contributed by atoms with E-state index >= 15 is 0 Å². The number of hydrogen-bond donors (Lipinski definition) is 1. The molecule has 2 heterocycles. The Hall–Kier alpha value is -2.76. The number of hydrogen-bond acceptors (Lipinski definition) is 3. The minimum absolute atomic E-state index is 0.0526. The molecular formula is C22H26FN3O2. The summed E-state index contributed by atoms with van der Waals surface area (Å²) in [6.07, 6.45) is 1.48. The van der Waals surface area contributed by atoms with Gasteiger partial charge in [0.05, 0.1) is 11.3 Å². The number of pyridine rings is 1. The van der Waals surface area contributed by atoms with Crippen molar-refractivity contribution < 1.29 is 14.0 Å². The molecule has 2 aromatic rings. The van der Waals surface area contributed by atoms with Crippen LogP contribution in [0.3, 0.4) is 0 Å². The number of piperidine rings is 1. The van der Waals surface area contributed by atoms with Crippen molar-refractivity contribution in [3.05, 3.63) is 64.7 Å². The number of carbonyl (C=O) groups excluding carboxylic acids is 2. The van der Waals surface area contributed by atoms with Crippen molar-refractivity contribution in [3.63, 3.8) is 0 Å². The summed E-state index contributed by atoms with van der Waals surface area (Å²) in [5, 5.41) is 2.94. The van der Waals surface area contributed by atoms with Gasteiger partial charge in [0, 0.05) is 36.3 Å². The molecule has 1 aliphatic rings. The first kappa shape index (κ1) is 20.0. The Morgan fingerprint density at radius 2 is 1.75 bits per heavy atom. The molecule has 0 bridgehead atoms. The van der Waals surface area contributed by atoms with Crippen molar-refractivity contribution in [1.29, 1.82) is 0 Å². The number of benzene rings is 1. The van der Waals surface area contributed by atoms with E-state index in [0.717, 1.165) is 24.2 Å². The first-order chi connectivity index (χ1) is 13.3. The van der Waals surface area contributed by atoms with E-state index < -0.39 is 0 Å². The monoisotopic (exact) mass is 383 g/mol. The number of halogens is 1. The smallest absolute Gasteiger partial charge is 0.253 e. The van der Waals surface area contributed by atoms with Gasteiger partial charge >= 0.3 is 0 Å². The lowest BCUT2D eigenvalue weighted by atomic mass is 9.89. The minimum atomic E-state index is -0.354. The summed E-state index contributed by atoms with van der Waals surface area (Å²) in [6.45, 7) is 6.95. The highest BCUT2D eigenvalue weighted by Crippen LogP contribution is 2.30. The Labute approximate surface area is 165 Å². The van der Waals surface area contributed by atoms with Crippen LogP contribution in [0.5, 0.6) is 0 Å². The van der Waals surface area contributed by atoms with E-state index in [-0.39, 0.29) is 29.6 Å². The third-order valence-electron chi connectivity index (χ3n) is 4.99. The topological polar surface area (TPSA) is 62.3 Å². The normalized spacial score (nSPS) is 15.0. The standard InChI is InChI=1S/C22H26FN3O2/c1-14(2)24-21(27)19-9-4-15(3)25-20(19)16-10-12-26(13-11-16)22(28)17-5-7-18(23)8-6-17/h4-9,14,16H,10-13H2,1-3H3,(H,24,27). The fourth-order valence-electron chi connectivity index (χ4n) is 3.55. The number of carbonyl (C=O) groups is 2. The number of aryl methyl sites for hydroxylation is 1. The number of amides is 2. The fourth-order valence-corrected chi connectivity index (χ4v) is 3.55. The third-order valence-corrected chi connectivity index (χ3v) is 4.99. The lowest BCUT2D eigenvalue weighted by molar-refractivity contribution is 0.0710. The molecule has 1 aromatic carbocycles. The third kappa shape index (κ3) is 4.55. The van der Waals surface area contributed by atoms with E-state index in [1.54, 1.807) is 4.90 Å². The summed E-state index contributed by atoms with van der Waals surface area (Å²) in [5.41, 5.74) is 2.79. The zero-order valence-corrected chi connectivity index (χ0v) is 16.5. The Bertz CT molecular complexity index is 857. The largest absolute Gasteiger partial charge is 0.350 e. The van der Waals surface area contributed by atoms with E-state index in [0.29, 0.717) is 24.2 Å². The van der Waals surface area contributed by atoms with Crippen LogP contribution >= 0.6 is 0 Å². The maximum absolute atomic E-state index is 13.1. The second kappa shape index (κ2) is 8.50. The van der Waals surface area contributed by atoms with Crippen LogP contribution in [0.4, 0.5) is 4.39 Å². The maximum Gasteiger partial charge on any atom is 0.253 e. The highest BCUT2D eigenvalue weighted by Gasteiger charge is 2.28. The van der Waals surface area contributed by atoms with E-state index in [1.165, 1.54) is 24.3 Å². The zero-order chi connectivity index (χ0) is 20.3. The van der Waals surface area contributed by atoms with Gasteiger partial charge in [0.25, 0.3) is 11.8 Å². The van der Waals surface area contributed by atoms with Gasteiger partial charge in [-0.1, -0.05) is 0 Å². The number of rotatable bonds is 4. The first-order valence-electron chi connectivity index (χ1n) is 9.68. The SMILES string of the molecule is Cc1ccc(C(=O)NC(C)C)c(C2CCN(C(=O)c3ccc(F)cc3)CC2)n1. The molecule has 1 saturated heterocycles. The minimum Gasteiger partial charge on any atom is -0.350 e. The highest BCUT2D eigenvalue weighted by atomic mass is 19.1. The predicted octanol–water partition coefficient (Wildman–Crippen LogP) is 3.69. The summed E-state index contributed by atoms with van der Waals surface area (Å²) in [5.74, 6) is -0.422. The molecule has 148 valence electrons. The molecule has 5 nitrogen and oxygen atoms in total. The van der Waals surface area contributed by atoms with Crippen LogP contribution < -0.4 is 5.32 Å². The average molecular weight is 383 g/mol. The van der Waals surface area contributed by atoms with Crippen LogP contribution in [0, 0.1) is 12.7 Å². The quantitative estimate of drug-likeness (QED) is 0.876. The number of nitrogens with zero attached hydrogens (tertiary/aromatic N) is 2. The predicted molar refractivity (Wildman–Crippen MR) is 106 cm³/mol. The molecule has 0 saturated carbocycles. The van der Waals surface area contributed by atoms with Crippen LogP contribution in [-0.2, 0) is 0 Å². The van der Waals surface area contributed by atoms with Gasteiger partial charge in [0.2, 0.25) is 0 Å². The lowest BCUT2D eigenvalue weighted by Crippen LogP contribution is -2.38. The summed E-state index contributed by atoms with van der Waals surface area (Å²) < 4.78 is 13.1. The molecule has 0 unspecified atom stereocenters. The Balaban J connectivity index is 1.72. The van der Waals surface area contributed by atoms with Gasteiger partial charge in [-0.2, -0.15) is 0 Å². The molecule has 1 fully saturated rings. The number of likely N-dealkylation sites (tertiary alicyclic amines) is 1. The number of aromatic nitrogens is 1. The molecule has 1 N–H and O–H groups in total. The average Bonchev–Trinajstić information content (AvgIpc) is 2.67. The molecule has 0 spiro atoms. The Kier molecular flexibility index (Phi) is 6.07. The molecular weight excluding hydrogens is 357 g/mol. The zero-order valence-electron chi connectivity index (χ0n) is 16.5. The summed E-state index contributed by atoms with van der Waals surface area (Å²) in [4.78, 5) is 31.6. The van der Waals surface area contributed by atoms with Crippen LogP contribution in [-0.4, -0.2) is 40.8 Å². The second-order valence-electron chi connectivity index (χ2n) is 7.59. The van der Waals surface area contributed by atoms with Crippen molar-refractivity contribution in [2.75, 3.05) is 13.1 Å². The molecule has 2 amide bonds. The van der Waals surface area contributed by atoms with Gasteiger partial charge in [-0.25, -0.2) is 4.39 Å². The summed E-state index contributed by atoms with van der Waals surface area (Å²) in [7, 11) is 0. The van der Waals surface area contributed by atoms with Crippen molar-refractivity contribution >= 4 is 11.8 Å².